The molecule has 58 heavy (non-hydrogen) atoms. The van der Waals surface area contributed by atoms with Gasteiger partial charge in [-0.3, -0.25) is 0 Å². The first-order valence-corrected chi connectivity index (χ1v) is 20.5. The van der Waals surface area contributed by atoms with Crippen molar-refractivity contribution in [2.45, 2.75) is 0 Å². The number of rotatable bonds is 8. The lowest BCUT2D eigenvalue weighted by Crippen LogP contribution is -2.12. The molecule has 0 N–H and O–H groups in total. The van der Waals surface area contributed by atoms with Crippen molar-refractivity contribution in [3.8, 4) is 16.8 Å². The number of benzene rings is 9. The number of fused-ring (bicyclic) bond motifs is 7. The Hall–Kier alpha value is -7.40. The molecule has 0 aliphatic carbocycles. The first-order valence-electron chi connectivity index (χ1n) is 19.7. The lowest BCUT2D eigenvalue weighted by atomic mass is 10.0. The van der Waals surface area contributed by atoms with Crippen LogP contribution in [0.15, 0.2) is 224 Å². The molecule has 0 aliphatic heterocycles. The van der Waals surface area contributed by atoms with Crippen molar-refractivity contribution < 1.29 is 0 Å². The maximum absolute atomic E-state index is 2.46. The Labute approximate surface area is 341 Å². The van der Waals surface area contributed by atoms with E-state index in [1.165, 1.54) is 58.8 Å². The highest BCUT2D eigenvalue weighted by Crippen LogP contribution is 2.44. The first kappa shape index (κ1) is 33.9. The molecule has 0 unspecified atom stereocenters. The largest absolute Gasteiger partial charge is 0.311 e. The molecule has 4 heteroatoms. The van der Waals surface area contributed by atoms with Gasteiger partial charge in [-0.05, 0) is 114 Å². The second kappa shape index (κ2) is 14.3. The number of hydrogen-bond donors (Lipinski definition) is 0. The molecule has 2 aromatic heterocycles. The molecule has 0 aliphatic rings. The fourth-order valence-corrected chi connectivity index (χ4v) is 9.73. The summed E-state index contributed by atoms with van der Waals surface area (Å²) in [4.78, 5) is 4.63. The third-order valence-corrected chi connectivity index (χ3v) is 12.3. The lowest BCUT2D eigenvalue weighted by molar-refractivity contribution is 1.19. The lowest BCUT2D eigenvalue weighted by Gasteiger charge is -2.28. The highest BCUT2D eigenvalue weighted by Gasteiger charge is 2.20. The predicted octanol–water partition coefficient (Wildman–Crippen LogP) is 15.8. The maximum Gasteiger partial charge on any atom is 0.0719 e. The highest BCUT2D eigenvalue weighted by atomic mass is 32.1. The summed E-state index contributed by atoms with van der Waals surface area (Å²) in [6, 6.07) is 80.7. The smallest absolute Gasteiger partial charge is 0.0719 e. The second-order valence-corrected chi connectivity index (χ2v) is 15.6. The Morgan fingerprint density at radius 2 is 0.776 bits per heavy atom. The van der Waals surface area contributed by atoms with Crippen LogP contribution in [-0.4, -0.2) is 4.57 Å². The van der Waals surface area contributed by atoms with Crippen LogP contribution in [0.2, 0.25) is 0 Å². The minimum Gasteiger partial charge on any atom is -0.311 e. The number of para-hydroxylation sites is 4. The SMILES string of the molecule is c1ccc(N(c2ccccc2)c2ccc(N(c3ccccc3)c3ccc(-c4ccc5c(c4)c4ccc6c7ccccc7sc6c4n5-c4ccccc4)cc3)cc2)cc1. The molecular formula is C54H37N3S. The second-order valence-electron chi connectivity index (χ2n) is 14.6. The summed E-state index contributed by atoms with van der Waals surface area (Å²) in [5.74, 6) is 0. The van der Waals surface area contributed by atoms with Crippen molar-refractivity contribution in [3.05, 3.63) is 224 Å². The van der Waals surface area contributed by atoms with Gasteiger partial charge < -0.3 is 14.4 Å². The summed E-state index contributed by atoms with van der Waals surface area (Å²) >= 11 is 1.89. The van der Waals surface area contributed by atoms with Gasteiger partial charge in [-0.15, -0.1) is 11.3 Å². The van der Waals surface area contributed by atoms with E-state index in [0.717, 1.165) is 34.1 Å². The van der Waals surface area contributed by atoms with E-state index >= 15 is 0 Å². The van der Waals surface area contributed by atoms with E-state index in [2.05, 4.69) is 239 Å². The van der Waals surface area contributed by atoms with E-state index in [9.17, 15) is 0 Å². The number of nitrogens with zero attached hydrogens (tertiary/aromatic N) is 3. The van der Waals surface area contributed by atoms with Crippen LogP contribution in [0, 0.1) is 0 Å². The summed E-state index contributed by atoms with van der Waals surface area (Å²) < 4.78 is 5.10. The molecule has 11 rings (SSSR count). The molecule has 0 fully saturated rings. The van der Waals surface area contributed by atoms with E-state index in [1.54, 1.807) is 0 Å². The van der Waals surface area contributed by atoms with Crippen LogP contribution in [0.4, 0.5) is 34.1 Å². The molecule has 0 radical (unpaired) electrons. The normalized spacial score (nSPS) is 11.4. The van der Waals surface area contributed by atoms with Gasteiger partial charge in [-0.2, -0.15) is 0 Å². The van der Waals surface area contributed by atoms with E-state index < -0.39 is 0 Å². The molecule has 274 valence electrons. The van der Waals surface area contributed by atoms with Crippen LogP contribution < -0.4 is 9.80 Å². The van der Waals surface area contributed by atoms with Crippen LogP contribution in [0.25, 0.3) is 58.8 Å². The molecule has 0 bridgehead atoms. The molecule has 0 amide bonds. The number of anilines is 6. The minimum atomic E-state index is 1.09. The van der Waals surface area contributed by atoms with Gasteiger partial charge in [-0.1, -0.05) is 121 Å². The van der Waals surface area contributed by atoms with E-state index in [4.69, 9.17) is 0 Å². The van der Waals surface area contributed by atoms with E-state index in [1.807, 2.05) is 11.3 Å². The molecule has 0 spiro atoms. The third-order valence-electron chi connectivity index (χ3n) is 11.2. The Morgan fingerprint density at radius 1 is 0.328 bits per heavy atom. The predicted molar refractivity (Wildman–Crippen MR) is 248 cm³/mol. The maximum atomic E-state index is 2.46. The molecule has 0 saturated heterocycles. The van der Waals surface area contributed by atoms with Crippen molar-refractivity contribution >= 4 is 87.4 Å². The molecule has 11 aromatic rings. The van der Waals surface area contributed by atoms with Crippen LogP contribution in [0.3, 0.4) is 0 Å². The summed E-state index contributed by atoms with van der Waals surface area (Å²) in [5.41, 5.74) is 12.7. The summed E-state index contributed by atoms with van der Waals surface area (Å²) in [6.45, 7) is 0. The number of hydrogen-bond acceptors (Lipinski definition) is 3. The molecule has 9 aromatic carbocycles. The standard InChI is InChI=1S/C54H37N3S/c1-5-15-40(16-6-1)55(41-17-7-2-8-18-41)45-30-32-46(33-31-45)56(42-19-9-3-10-20-42)44-28-25-38(26-29-44)39-27-36-51-50(37-39)48-34-35-49-47-23-13-14-24-52(47)58-54(49)53(48)57(51)43-21-11-4-12-22-43/h1-37H. The highest BCUT2D eigenvalue weighted by molar-refractivity contribution is 7.26. The molecule has 2 heterocycles. The van der Waals surface area contributed by atoms with Gasteiger partial charge in [0, 0.05) is 66.1 Å². The van der Waals surface area contributed by atoms with Crippen LogP contribution in [0.5, 0.6) is 0 Å². The van der Waals surface area contributed by atoms with E-state index in [0.29, 0.717) is 0 Å². The Kier molecular flexibility index (Phi) is 8.34. The van der Waals surface area contributed by atoms with Gasteiger partial charge >= 0.3 is 0 Å². The van der Waals surface area contributed by atoms with Crippen LogP contribution >= 0.6 is 11.3 Å². The fourth-order valence-electron chi connectivity index (χ4n) is 8.49. The Bertz CT molecular complexity index is 3150. The summed E-state index contributed by atoms with van der Waals surface area (Å²) in [7, 11) is 0. The average Bonchev–Trinajstić information content (AvgIpc) is 3.85. The van der Waals surface area contributed by atoms with Gasteiger partial charge in [-0.25, -0.2) is 0 Å². The Morgan fingerprint density at radius 3 is 1.34 bits per heavy atom. The van der Waals surface area contributed by atoms with Crippen molar-refractivity contribution in [3.63, 3.8) is 0 Å². The fraction of sp³-hybridized carbons (Fsp3) is 0. The van der Waals surface area contributed by atoms with Crippen molar-refractivity contribution in [2.24, 2.45) is 0 Å². The minimum absolute atomic E-state index is 1.09. The zero-order valence-corrected chi connectivity index (χ0v) is 32.4. The molecule has 0 saturated carbocycles. The molecular weight excluding hydrogens is 723 g/mol. The molecule has 0 atom stereocenters. The monoisotopic (exact) mass is 759 g/mol. The first-order chi connectivity index (χ1) is 28.8. The topological polar surface area (TPSA) is 11.4 Å². The molecule has 3 nitrogen and oxygen atoms in total. The van der Waals surface area contributed by atoms with Crippen molar-refractivity contribution in [1.82, 2.24) is 4.57 Å². The van der Waals surface area contributed by atoms with Gasteiger partial charge in [0.1, 0.15) is 0 Å². The Balaban J connectivity index is 0.991. The van der Waals surface area contributed by atoms with Crippen molar-refractivity contribution in [1.29, 1.82) is 0 Å². The van der Waals surface area contributed by atoms with Crippen molar-refractivity contribution in [2.75, 3.05) is 9.80 Å². The number of thiophene rings is 1. The zero-order chi connectivity index (χ0) is 38.4. The summed E-state index contributed by atoms with van der Waals surface area (Å²) in [5, 5.41) is 5.15. The zero-order valence-electron chi connectivity index (χ0n) is 31.6. The van der Waals surface area contributed by atoms with Crippen LogP contribution in [-0.2, 0) is 0 Å². The third kappa shape index (κ3) is 5.82. The quantitative estimate of drug-likeness (QED) is 0.153. The number of aromatic nitrogens is 1. The van der Waals surface area contributed by atoms with Crippen LogP contribution in [0.1, 0.15) is 0 Å². The average molecular weight is 760 g/mol. The van der Waals surface area contributed by atoms with Gasteiger partial charge in [0.25, 0.3) is 0 Å². The van der Waals surface area contributed by atoms with Gasteiger partial charge in [0.05, 0.1) is 15.7 Å². The summed E-state index contributed by atoms with van der Waals surface area (Å²) in [6.07, 6.45) is 0. The van der Waals surface area contributed by atoms with Gasteiger partial charge in [0.15, 0.2) is 0 Å². The van der Waals surface area contributed by atoms with E-state index in [-0.39, 0.29) is 0 Å². The van der Waals surface area contributed by atoms with Gasteiger partial charge in [0.2, 0.25) is 0 Å².